The first-order valence-electron chi connectivity index (χ1n) is 4.16. The van der Waals surface area contributed by atoms with Crippen LogP contribution in [0, 0.1) is 0 Å². The Morgan fingerprint density at radius 1 is 1.77 bits per heavy atom. The van der Waals surface area contributed by atoms with Crippen molar-refractivity contribution in [1.82, 2.24) is 5.32 Å². The number of furan rings is 1. The highest BCUT2D eigenvalue weighted by Crippen LogP contribution is 2.19. The normalized spacial score (nSPS) is 12.7. The number of rotatable bonds is 5. The minimum atomic E-state index is -0.842. The standard InChI is InChI=1S/C9H13NO3/c1-10-5-4-7(9(11)12)8-3-2-6-13-8/h2-3,6-7,10H,4-5H2,1H3,(H,11,12). The van der Waals surface area contributed by atoms with Crippen LogP contribution in [0.2, 0.25) is 0 Å². The highest BCUT2D eigenvalue weighted by atomic mass is 16.4. The van der Waals surface area contributed by atoms with Crippen LogP contribution in [0.4, 0.5) is 0 Å². The SMILES string of the molecule is CNCCC(C(=O)O)c1ccco1. The molecule has 0 bridgehead atoms. The quantitative estimate of drug-likeness (QED) is 0.716. The van der Waals surface area contributed by atoms with Crippen molar-refractivity contribution in [3.05, 3.63) is 24.2 Å². The van der Waals surface area contributed by atoms with Crippen molar-refractivity contribution in [3.63, 3.8) is 0 Å². The second kappa shape index (κ2) is 4.67. The maximum Gasteiger partial charge on any atom is 0.314 e. The molecule has 4 heteroatoms. The molecule has 0 radical (unpaired) electrons. The van der Waals surface area contributed by atoms with Gasteiger partial charge in [0, 0.05) is 0 Å². The van der Waals surface area contributed by atoms with Gasteiger partial charge in [0.2, 0.25) is 0 Å². The minimum Gasteiger partial charge on any atom is -0.481 e. The third-order valence-electron chi connectivity index (χ3n) is 1.87. The second-order valence-corrected chi connectivity index (χ2v) is 2.80. The molecular weight excluding hydrogens is 170 g/mol. The van der Waals surface area contributed by atoms with E-state index in [1.165, 1.54) is 6.26 Å². The number of carboxylic acids is 1. The predicted molar refractivity (Wildman–Crippen MR) is 47.6 cm³/mol. The maximum absolute atomic E-state index is 10.8. The molecule has 1 aromatic rings. The average Bonchev–Trinajstić information content (AvgIpc) is 2.57. The van der Waals surface area contributed by atoms with Gasteiger partial charge >= 0.3 is 5.97 Å². The lowest BCUT2D eigenvalue weighted by Crippen LogP contribution is -2.17. The second-order valence-electron chi connectivity index (χ2n) is 2.80. The van der Waals surface area contributed by atoms with Gasteiger partial charge in [0.1, 0.15) is 11.7 Å². The number of hydrogen-bond donors (Lipinski definition) is 2. The summed E-state index contributed by atoms with van der Waals surface area (Å²) in [7, 11) is 1.79. The number of hydrogen-bond acceptors (Lipinski definition) is 3. The van der Waals surface area contributed by atoms with Gasteiger partial charge in [-0.2, -0.15) is 0 Å². The summed E-state index contributed by atoms with van der Waals surface area (Å²) < 4.78 is 5.05. The molecule has 0 saturated carbocycles. The Hall–Kier alpha value is -1.29. The Morgan fingerprint density at radius 3 is 3.00 bits per heavy atom. The van der Waals surface area contributed by atoms with E-state index in [4.69, 9.17) is 9.52 Å². The van der Waals surface area contributed by atoms with Crippen LogP contribution in [-0.4, -0.2) is 24.7 Å². The molecule has 0 saturated heterocycles. The van der Waals surface area contributed by atoms with E-state index in [1.54, 1.807) is 19.2 Å². The molecule has 0 aliphatic carbocycles. The van der Waals surface area contributed by atoms with Crippen LogP contribution in [0.15, 0.2) is 22.8 Å². The van der Waals surface area contributed by atoms with E-state index in [-0.39, 0.29) is 0 Å². The summed E-state index contributed by atoms with van der Waals surface area (Å²) in [6.07, 6.45) is 2.03. The van der Waals surface area contributed by atoms with Crippen molar-refractivity contribution in [2.24, 2.45) is 0 Å². The highest BCUT2D eigenvalue weighted by Gasteiger charge is 2.21. The summed E-state index contributed by atoms with van der Waals surface area (Å²) in [5, 5.41) is 11.8. The fraction of sp³-hybridized carbons (Fsp3) is 0.444. The fourth-order valence-electron chi connectivity index (χ4n) is 1.17. The molecule has 4 nitrogen and oxygen atoms in total. The Balaban J connectivity index is 2.63. The van der Waals surface area contributed by atoms with Crippen LogP contribution in [0.25, 0.3) is 0 Å². The molecular formula is C9H13NO3. The monoisotopic (exact) mass is 183 g/mol. The van der Waals surface area contributed by atoms with Crippen molar-refractivity contribution < 1.29 is 14.3 Å². The first-order chi connectivity index (χ1) is 6.25. The van der Waals surface area contributed by atoms with Gasteiger partial charge in [-0.3, -0.25) is 4.79 Å². The Morgan fingerprint density at radius 2 is 2.54 bits per heavy atom. The van der Waals surface area contributed by atoms with Crippen LogP contribution in [-0.2, 0) is 4.79 Å². The van der Waals surface area contributed by atoms with Gasteiger partial charge in [-0.1, -0.05) is 0 Å². The summed E-state index contributed by atoms with van der Waals surface area (Å²) in [4.78, 5) is 10.8. The fourth-order valence-corrected chi connectivity index (χ4v) is 1.17. The Labute approximate surface area is 76.6 Å². The molecule has 1 heterocycles. The van der Waals surface area contributed by atoms with E-state index in [2.05, 4.69) is 5.32 Å². The van der Waals surface area contributed by atoms with Crippen molar-refractivity contribution in [1.29, 1.82) is 0 Å². The van der Waals surface area contributed by atoms with Crippen molar-refractivity contribution in [2.75, 3.05) is 13.6 Å². The van der Waals surface area contributed by atoms with Crippen molar-refractivity contribution in [2.45, 2.75) is 12.3 Å². The van der Waals surface area contributed by atoms with Crippen molar-refractivity contribution in [3.8, 4) is 0 Å². The molecule has 1 unspecified atom stereocenters. The van der Waals surface area contributed by atoms with E-state index < -0.39 is 11.9 Å². The van der Waals surface area contributed by atoms with Crippen LogP contribution in [0.3, 0.4) is 0 Å². The molecule has 0 aliphatic rings. The first kappa shape index (κ1) is 9.80. The van der Waals surface area contributed by atoms with E-state index in [0.717, 1.165) is 0 Å². The molecule has 13 heavy (non-hydrogen) atoms. The van der Waals surface area contributed by atoms with Crippen LogP contribution in [0.5, 0.6) is 0 Å². The van der Waals surface area contributed by atoms with Gasteiger partial charge in [-0.25, -0.2) is 0 Å². The maximum atomic E-state index is 10.8. The van der Waals surface area contributed by atoms with E-state index in [1.807, 2.05) is 0 Å². The van der Waals surface area contributed by atoms with Crippen molar-refractivity contribution >= 4 is 5.97 Å². The molecule has 1 aromatic heterocycles. The molecule has 0 aromatic carbocycles. The van der Waals surface area contributed by atoms with Gasteiger partial charge in [0.05, 0.1) is 6.26 Å². The molecule has 0 fully saturated rings. The third kappa shape index (κ3) is 2.59. The smallest absolute Gasteiger partial charge is 0.314 e. The Kier molecular flexibility index (Phi) is 3.52. The number of carboxylic acid groups (broad SMARTS) is 1. The van der Waals surface area contributed by atoms with Gasteiger partial charge < -0.3 is 14.8 Å². The van der Waals surface area contributed by atoms with Gasteiger partial charge in [-0.15, -0.1) is 0 Å². The zero-order chi connectivity index (χ0) is 9.68. The molecule has 72 valence electrons. The summed E-state index contributed by atoms with van der Waals surface area (Å²) in [6.45, 7) is 0.664. The topological polar surface area (TPSA) is 62.5 Å². The lowest BCUT2D eigenvalue weighted by molar-refractivity contribution is -0.139. The summed E-state index contributed by atoms with van der Waals surface area (Å²) >= 11 is 0. The summed E-state index contributed by atoms with van der Waals surface area (Å²) in [5.74, 6) is -0.865. The molecule has 0 amide bonds. The first-order valence-corrected chi connectivity index (χ1v) is 4.16. The number of carbonyl (C=O) groups is 1. The molecule has 1 rings (SSSR count). The lowest BCUT2D eigenvalue weighted by atomic mass is 10.0. The third-order valence-corrected chi connectivity index (χ3v) is 1.87. The van der Waals surface area contributed by atoms with E-state index in [0.29, 0.717) is 18.7 Å². The minimum absolute atomic E-state index is 0.516. The summed E-state index contributed by atoms with van der Waals surface area (Å²) in [6, 6.07) is 3.39. The molecule has 0 aliphatic heterocycles. The van der Waals surface area contributed by atoms with Crippen LogP contribution >= 0.6 is 0 Å². The van der Waals surface area contributed by atoms with E-state index in [9.17, 15) is 4.79 Å². The van der Waals surface area contributed by atoms with Gasteiger partial charge in [-0.05, 0) is 32.1 Å². The number of nitrogens with one attached hydrogen (secondary N) is 1. The lowest BCUT2D eigenvalue weighted by Gasteiger charge is -2.08. The zero-order valence-electron chi connectivity index (χ0n) is 7.49. The number of aliphatic carboxylic acids is 1. The molecule has 0 spiro atoms. The van der Waals surface area contributed by atoms with Gasteiger partial charge in [0.15, 0.2) is 0 Å². The average molecular weight is 183 g/mol. The molecule has 2 N–H and O–H groups in total. The van der Waals surface area contributed by atoms with E-state index >= 15 is 0 Å². The largest absolute Gasteiger partial charge is 0.481 e. The highest BCUT2D eigenvalue weighted by molar-refractivity contribution is 5.75. The van der Waals surface area contributed by atoms with Gasteiger partial charge in [0.25, 0.3) is 0 Å². The van der Waals surface area contributed by atoms with Crippen LogP contribution < -0.4 is 5.32 Å². The Bertz CT molecular complexity index is 256. The van der Waals surface area contributed by atoms with Crippen LogP contribution in [0.1, 0.15) is 18.1 Å². The molecule has 1 atom stereocenters. The zero-order valence-corrected chi connectivity index (χ0v) is 7.49. The summed E-state index contributed by atoms with van der Waals surface area (Å²) in [5.41, 5.74) is 0. The predicted octanol–water partition coefficient (Wildman–Crippen LogP) is 1.06.